The molecule has 10 heteroatoms. The number of rotatable bonds is 3. The number of oxazole rings is 1. The first kappa shape index (κ1) is 19.2. The van der Waals surface area contributed by atoms with Crippen molar-refractivity contribution in [3.63, 3.8) is 0 Å². The van der Waals surface area contributed by atoms with E-state index in [1.165, 1.54) is 48.5 Å². The van der Waals surface area contributed by atoms with Crippen LogP contribution in [-0.4, -0.2) is 24.3 Å². The minimum atomic E-state index is -4.70. The predicted octanol–water partition coefficient (Wildman–Crippen LogP) is 4.82. The molecule has 0 aliphatic rings. The molecule has 0 aliphatic carbocycles. The Labute approximate surface area is 162 Å². The van der Waals surface area contributed by atoms with Gasteiger partial charge in [-0.05, 0) is 29.8 Å². The number of hydrogen-bond donors (Lipinski definition) is 0. The van der Waals surface area contributed by atoms with Gasteiger partial charge in [-0.25, -0.2) is 17.3 Å². The fourth-order valence-corrected chi connectivity index (χ4v) is 3.55. The van der Waals surface area contributed by atoms with Gasteiger partial charge in [-0.15, -0.1) is 0 Å². The molecule has 0 bridgehead atoms. The number of aromatic nitrogens is 2. The highest BCUT2D eigenvalue weighted by Gasteiger charge is 2.37. The van der Waals surface area contributed by atoms with Crippen molar-refractivity contribution in [1.29, 1.82) is 0 Å². The van der Waals surface area contributed by atoms with E-state index in [9.17, 15) is 26.0 Å². The van der Waals surface area contributed by atoms with Crippen LogP contribution in [0, 0.1) is 5.82 Å². The molecule has 0 saturated heterocycles. The fraction of sp³-hybridized carbons (Fsp3) is 0.105. The van der Waals surface area contributed by atoms with E-state index in [0.29, 0.717) is 11.1 Å². The van der Waals surface area contributed by atoms with Gasteiger partial charge in [-0.2, -0.15) is 18.3 Å². The Morgan fingerprint density at radius 1 is 0.966 bits per heavy atom. The van der Waals surface area contributed by atoms with Gasteiger partial charge in [0.25, 0.3) is 0 Å². The van der Waals surface area contributed by atoms with Gasteiger partial charge in [0, 0.05) is 11.8 Å². The number of alkyl halides is 3. The lowest BCUT2D eigenvalue weighted by Gasteiger charge is -2.05. The maximum atomic E-state index is 13.3. The lowest BCUT2D eigenvalue weighted by molar-refractivity contribution is -0.152. The minimum Gasteiger partial charge on any atom is -0.431 e. The second-order valence-corrected chi connectivity index (χ2v) is 8.39. The fourth-order valence-electron chi connectivity index (χ4n) is 2.92. The van der Waals surface area contributed by atoms with Crippen molar-refractivity contribution in [1.82, 2.24) is 9.61 Å². The van der Waals surface area contributed by atoms with Crippen molar-refractivity contribution in [2.75, 3.05) is 6.26 Å². The van der Waals surface area contributed by atoms with Crippen LogP contribution < -0.4 is 0 Å². The normalized spacial score (nSPS) is 12.6. The average Bonchev–Trinajstić information content (AvgIpc) is 3.20. The summed E-state index contributed by atoms with van der Waals surface area (Å²) in [5.74, 6) is -1.73. The molecule has 0 spiro atoms. The van der Waals surface area contributed by atoms with Gasteiger partial charge in [-0.3, -0.25) is 0 Å². The number of sulfone groups is 1. The Hall–Kier alpha value is -3.14. The molecule has 0 radical (unpaired) electrons. The van der Waals surface area contributed by atoms with Gasteiger partial charge >= 0.3 is 6.18 Å². The van der Waals surface area contributed by atoms with E-state index >= 15 is 0 Å². The smallest absolute Gasteiger partial charge is 0.431 e. The van der Waals surface area contributed by atoms with Crippen LogP contribution >= 0.6 is 0 Å². The predicted molar refractivity (Wildman–Crippen MR) is 96.4 cm³/mol. The molecule has 2 heterocycles. The summed E-state index contributed by atoms with van der Waals surface area (Å²) in [4.78, 5) is 0.0897. The molecular formula is C19H12F4N2O3S. The summed E-state index contributed by atoms with van der Waals surface area (Å²) in [6.07, 6.45) is -2.91. The highest BCUT2D eigenvalue weighted by atomic mass is 32.2. The lowest BCUT2D eigenvalue weighted by Crippen LogP contribution is -2.02. The molecule has 0 atom stereocenters. The third kappa shape index (κ3) is 3.51. The number of fused-ring (bicyclic) bond motifs is 1. The molecule has 0 amide bonds. The Bertz CT molecular complexity index is 1300. The maximum absolute atomic E-state index is 13.3. The van der Waals surface area contributed by atoms with Crippen LogP contribution in [0.1, 0.15) is 5.76 Å². The quantitative estimate of drug-likeness (QED) is 0.442. The summed E-state index contributed by atoms with van der Waals surface area (Å²) in [6, 6.07) is 10.9. The van der Waals surface area contributed by atoms with Crippen molar-refractivity contribution in [2.24, 2.45) is 0 Å². The standard InChI is InChI=1S/C19H12F4N2O3S/c1-29(26,27)14-8-4-12(5-9-14)17-16(11-2-6-13(20)7-3-11)18-25(24-17)10-15(28-18)19(21,22)23/h2-10H,1H3. The summed E-state index contributed by atoms with van der Waals surface area (Å²) < 4.78 is 81.7. The van der Waals surface area contributed by atoms with Crippen LogP contribution in [-0.2, 0) is 16.0 Å². The number of benzene rings is 2. The Morgan fingerprint density at radius 2 is 1.55 bits per heavy atom. The molecule has 4 rings (SSSR count). The molecule has 0 unspecified atom stereocenters. The molecule has 4 aromatic rings. The first-order valence-electron chi connectivity index (χ1n) is 8.20. The largest absolute Gasteiger partial charge is 0.451 e. The Balaban J connectivity index is 1.95. The van der Waals surface area contributed by atoms with Gasteiger partial charge in [-0.1, -0.05) is 24.3 Å². The molecule has 5 nitrogen and oxygen atoms in total. The molecular weight excluding hydrogens is 412 g/mol. The van der Waals surface area contributed by atoms with Gasteiger partial charge in [0.05, 0.1) is 16.7 Å². The van der Waals surface area contributed by atoms with Gasteiger partial charge in [0.1, 0.15) is 11.5 Å². The van der Waals surface area contributed by atoms with E-state index in [-0.39, 0.29) is 21.9 Å². The van der Waals surface area contributed by atoms with Gasteiger partial charge in [0.15, 0.2) is 9.84 Å². The van der Waals surface area contributed by atoms with Crippen LogP contribution in [0.2, 0.25) is 0 Å². The van der Waals surface area contributed by atoms with Crippen LogP contribution in [0.5, 0.6) is 0 Å². The molecule has 2 aromatic heterocycles. The van der Waals surface area contributed by atoms with Crippen LogP contribution in [0.4, 0.5) is 17.6 Å². The van der Waals surface area contributed by atoms with E-state index in [4.69, 9.17) is 4.42 Å². The zero-order chi connectivity index (χ0) is 21.0. The zero-order valence-corrected chi connectivity index (χ0v) is 15.6. The molecule has 29 heavy (non-hydrogen) atoms. The van der Waals surface area contributed by atoms with Crippen molar-refractivity contribution >= 4 is 15.6 Å². The van der Waals surface area contributed by atoms with Gasteiger partial charge < -0.3 is 4.42 Å². The third-order valence-corrected chi connectivity index (χ3v) is 5.41. The number of hydrogen-bond acceptors (Lipinski definition) is 4. The monoisotopic (exact) mass is 424 g/mol. The summed E-state index contributed by atoms with van der Waals surface area (Å²) >= 11 is 0. The van der Waals surface area contributed by atoms with Crippen LogP contribution in [0.15, 0.2) is 64.0 Å². The Morgan fingerprint density at radius 3 is 2.10 bits per heavy atom. The average molecular weight is 424 g/mol. The topological polar surface area (TPSA) is 64.6 Å². The summed E-state index contributed by atoms with van der Waals surface area (Å²) in [5, 5.41) is 4.19. The van der Waals surface area contributed by atoms with Gasteiger partial charge in [0.2, 0.25) is 11.5 Å². The first-order valence-corrected chi connectivity index (χ1v) is 10.1. The van der Waals surface area contributed by atoms with Crippen molar-refractivity contribution in [3.8, 4) is 22.4 Å². The molecule has 0 aliphatic heterocycles. The van der Waals surface area contributed by atoms with Crippen molar-refractivity contribution in [3.05, 3.63) is 66.3 Å². The second kappa shape index (κ2) is 6.45. The van der Waals surface area contributed by atoms with E-state index in [1.54, 1.807) is 0 Å². The molecule has 0 saturated carbocycles. The first-order chi connectivity index (χ1) is 13.5. The zero-order valence-electron chi connectivity index (χ0n) is 14.7. The SMILES string of the molecule is CS(=O)(=O)c1ccc(-c2nn3cc(C(F)(F)F)oc3c2-c2ccc(F)cc2)cc1. The maximum Gasteiger partial charge on any atom is 0.451 e. The summed E-state index contributed by atoms with van der Waals surface area (Å²) in [7, 11) is -3.42. The Kier molecular flexibility index (Phi) is 4.26. The van der Waals surface area contributed by atoms with Crippen molar-refractivity contribution in [2.45, 2.75) is 11.1 Å². The molecule has 0 fully saturated rings. The van der Waals surface area contributed by atoms with Crippen LogP contribution in [0.3, 0.4) is 0 Å². The van der Waals surface area contributed by atoms with Crippen LogP contribution in [0.25, 0.3) is 28.1 Å². The summed E-state index contributed by atoms with van der Waals surface area (Å²) in [5.41, 5.74) is 1.19. The van der Waals surface area contributed by atoms with E-state index < -0.39 is 27.6 Å². The van der Waals surface area contributed by atoms with E-state index in [0.717, 1.165) is 17.0 Å². The lowest BCUT2D eigenvalue weighted by atomic mass is 10.0. The van der Waals surface area contributed by atoms with E-state index in [2.05, 4.69) is 5.10 Å². The second-order valence-electron chi connectivity index (χ2n) is 6.37. The number of nitrogens with zero attached hydrogens (tertiary/aromatic N) is 2. The highest BCUT2D eigenvalue weighted by molar-refractivity contribution is 7.90. The van der Waals surface area contributed by atoms with Crippen molar-refractivity contribution < 1.29 is 30.4 Å². The third-order valence-electron chi connectivity index (χ3n) is 4.28. The van der Waals surface area contributed by atoms with E-state index in [1.807, 2.05) is 0 Å². The molecule has 2 aromatic carbocycles. The molecule has 150 valence electrons. The molecule has 0 N–H and O–H groups in total. The summed E-state index contributed by atoms with van der Waals surface area (Å²) in [6.45, 7) is 0. The minimum absolute atomic E-state index is 0.0897. The number of halogens is 4. The highest BCUT2D eigenvalue weighted by Crippen LogP contribution is 2.39.